The number of ether oxygens (including phenoxy) is 2. The van der Waals surface area contributed by atoms with Crippen LogP contribution in [-0.4, -0.2) is 89.8 Å². The van der Waals surface area contributed by atoms with E-state index in [1.807, 2.05) is 62.1 Å². The molecule has 1 aliphatic carbocycles. The van der Waals surface area contributed by atoms with Gasteiger partial charge in [0.2, 0.25) is 6.41 Å². The van der Waals surface area contributed by atoms with E-state index in [0.717, 1.165) is 41.5 Å². The van der Waals surface area contributed by atoms with Crippen LogP contribution in [0.15, 0.2) is 48.5 Å². The highest BCUT2D eigenvalue weighted by Gasteiger charge is 2.30. The first-order valence-electron chi connectivity index (χ1n) is 15.0. The number of carboxylic acid groups (broad SMARTS) is 1. The van der Waals surface area contributed by atoms with Crippen molar-refractivity contribution in [2.75, 3.05) is 32.8 Å². The van der Waals surface area contributed by atoms with Crippen molar-refractivity contribution in [3.05, 3.63) is 59.7 Å². The van der Waals surface area contributed by atoms with Crippen LogP contribution >= 0.6 is 0 Å². The van der Waals surface area contributed by atoms with Crippen molar-refractivity contribution in [2.45, 2.75) is 76.5 Å². The summed E-state index contributed by atoms with van der Waals surface area (Å²) >= 11 is 0. The molecule has 1 fully saturated rings. The van der Waals surface area contributed by atoms with Gasteiger partial charge in [-0.15, -0.1) is 0 Å². The van der Waals surface area contributed by atoms with Crippen molar-refractivity contribution in [1.29, 1.82) is 0 Å². The number of fused-ring (bicyclic) bond motifs is 3. The minimum Gasteiger partial charge on any atom is -0.480 e. The predicted octanol–water partition coefficient (Wildman–Crippen LogP) is 4.41. The average Bonchev–Trinajstić information content (AvgIpc) is 3.28. The molecule has 0 spiro atoms. The minimum absolute atomic E-state index is 0.0709. The summed E-state index contributed by atoms with van der Waals surface area (Å²) < 4.78 is 10.9. The molecule has 2 amide bonds. The van der Waals surface area contributed by atoms with E-state index in [1.165, 1.54) is 0 Å². The number of amides is 2. The lowest BCUT2D eigenvalue weighted by atomic mass is 9.98. The van der Waals surface area contributed by atoms with E-state index in [-0.39, 0.29) is 37.5 Å². The molecule has 2 aromatic rings. The number of rotatable bonds is 13. The lowest BCUT2D eigenvalue weighted by Crippen LogP contribution is -2.46. The summed E-state index contributed by atoms with van der Waals surface area (Å²) in [6.07, 6.45) is 2.93. The number of esters is 1. The number of carboxylic acids is 1. The summed E-state index contributed by atoms with van der Waals surface area (Å²) in [6.45, 7) is 7.76. The molecule has 43 heavy (non-hydrogen) atoms. The van der Waals surface area contributed by atoms with Gasteiger partial charge in [0.25, 0.3) is 0 Å². The van der Waals surface area contributed by atoms with Crippen molar-refractivity contribution in [2.24, 2.45) is 0 Å². The first-order chi connectivity index (χ1) is 20.6. The molecule has 1 saturated heterocycles. The number of unbranched alkanes of at least 4 members (excludes halogenated alkanes) is 1. The van der Waals surface area contributed by atoms with E-state index in [2.05, 4.69) is 17.4 Å². The van der Waals surface area contributed by atoms with Crippen molar-refractivity contribution < 1.29 is 33.8 Å². The summed E-state index contributed by atoms with van der Waals surface area (Å²) in [5.41, 5.74) is 3.88. The Hall–Kier alpha value is -3.92. The largest absolute Gasteiger partial charge is 0.480 e. The third-order valence-electron chi connectivity index (χ3n) is 8.03. The highest BCUT2D eigenvalue weighted by molar-refractivity contribution is 5.81. The third-order valence-corrected chi connectivity index (χ3v) is 8.03. The Labute approximate surface area is 253 Å². The molecular weight excluding hydrogens is 550 g/mol. The van der Waals surface area contributed by atoms with Crippen LogP contribution in [-0.2, 0) is 23.9 Å². The zero-order valence-electron chi connectivity index (χ0n) is 25.3. The first-order valence-corrected chi connectivity index (χ1v) is 15.0. The number of nitrogens with one attached hydrogen (secondary N) is 1. The quantitative estimate of drug-likeness (QED) is 0.199. The monoisotopic (exact) mass is 593 g/mol. The number of carbonyl (C=O) groups is 4. The Morgan fingerprint density at radius 3 is 2.19 bits per heavy atom. The fraction of sp³-hybridized carbons (Fsp3) is 0.515. The summed E-state index contributed by atoms with van der Waals surface area (Å²) in [5.74, 6) is -1.49. The van der Waals surface area contributed by atoms with Crippen molar-refractivity contribution in [3.8, 4) is 11.1 Å². The molecule has 1 atom stereocenters. The Morgan fingerprint density at radius 2 is 1.63 bits per heavy atom. The second kappa shape index (κ2) is 14.5. The zero-order valence-corrected chi connectivity index (χ0v) is 25.3. The van der Waals surface area contributed by atoms with Crippen molar-refractivity contribution >= 4 is 24.4 Å². The van der Waals surface area contributed by atoms with E-state index < -0.39 is 23.7 Å². The van der Waals surface area contributed by atoms with E-state index in [4.69, 9.17) is 9.47 Å². The molecule has 10 heteroatoms. The molecule has 2 N–H and O–H groups in total. The number of hydrogen-bond acceptors (Lipinski definition) is 7. The summed E-state index contributed by atoms with van der Waals surface area (Å²) in [4.78, 5) is 52.2. The van der Waals surface area contributed by atoms with Gasteiger partial charge in [-0.1, -0.05) is 48.5 Å². The normalized spacial score (nSPS) is 16.1. The number of benzene rings is 2. The van der Waals surface area contributed by atoms with Gasteiger partial charge in [-0.3, -0.25) is 14.5 Å². The average molecular weight is 594 g/mol. The number of alkyl carbamates (subject to hydrolysis) is 1. The molecule has 1 heterocycles. The van der Waals surface area contributed by atoms with Gasteiger partial charge in [0, 0.05) is 31.6 Å². The molecule has 232 valence electrons. The van der Waals surface area contributed by atoms with E-state index in [1.54, 1.807) is 4.90 Å². The smallest absolute Gasteiger partial charge is 0.407 e. The predicted molar refractivity (Wildman–Crippen MR) is 162 cm³/mol. The topological polar surface area (TPSA) is 125 Å². The SMILES string of the molecule is CC(C)(C)OC(=O)CN1CCC(N(C=O)CCCC[C@H](NC(=O)OCC2c3ccccc3-c3ccccc32)C(=O)O)CC1. The molecule has 0 unspecified atom stereocenters. The number of carbonyl (C=O) groups excluding carboxylic acids is 3. The second-order valence-electron chi connectivity index (χ2n) is 12.3. The van der Waals surface area contributed by atoms with Gasteiger partial charge in [-0.2, -0.15) is 0 Å². The van der Waals surface area contributed by atoms with Gasteiger partial charge in [0.15, 0.2) is 0 Å². The third kappa shape index (κ3) is 8.79. The Morgan fingerprint density at radius 1 is 1.02 bits per heavy atom. The van der Waals surface area contributed by atoms with E-state index in [9.17, 15) is 24.3 Å². The zero-order chi connectivity index (χ0) is 31.0. The molecule has 0 aromatic heterocycles. The van der Waals surface area contributed by atoms with Gasteiger partial charge in [0.1, 0.15) is 18.2 Å². The van der Waals surface area contributed by atoms with Crippen LogP contribution in [0.1, 0.15) is 69.9 Å². The van der Waals surface area contributed by atoms with Crippen LogP contribution in [0.3, 0.4) is 0 Å². The summed E-state index contributed by atoms with van der Waals surface area (Å²) in [7, 11) is 0. The minimum atomic E-state index is -1.13. The maximum Gasteiger partial charge on any atom is 0.407 e. The first kappa shape index (κ1) is 32.0. The molecule has 10 nitrogen and oxygen atoms in total. The number of aliphatic carboxylic acids is 1. The fourth-order valence-corrected chi connectivity index (χ4v) is 5.97. The standard InChI is InChI=1S/C33H43N3O7/c1-33(2,3)43-30(38)20-35-18-15-23(16-19-35)36(22-37)17-9-8-14-29(31(39)40)34-32(41)42-21-28-26-12-6-4-10-24(26)25-11-5-7-13-27(25)28/h4-7,10-13,22-23,28-29H,8-9,14-21H2,1-3H3,(H,34,41)(H,39,40)/t29-/m0/s1. The summed E-state index contributed by atoms with van der Waals surface area (Å²) in [6, 6.07) is 15.0. The highest BCUT2D eigenvalue weighted by atomic mass is 16.6. The van der Waals surface area contributed by atoms with Crippen LogP contribution in [0.4, 0.5) is 4.79 Å². The summed E-state index contributed by atoms with van der Waals surface area (Å²) in [5, 5.41) is 12.2. The lowest BCUT2D eigenvalue weighted by Gasteiger charge is -2.36. The maximum absolute atomic E-state index is 12.6. The lowest BCUT2D eigenvalue weighted by molar-refractivity contribution is -0.156. The van der Waals surface area contributed by atoms with Gasteiger partial charge in [-0.05, 0) is 75.1 Å². The highest BCUT2D eigenvalue weighted by Crippen LogP contribution is 2.44. The fourth-order valence-electron chi connectivity index (χ4n) is 5.97. The van der Waals surface area contributed by atoms with Crippen molar-refractivity contribution in [1.82, 2.24) is 15.1 Å². The molecule has 2 aliphatic rings. The number of likely N-dealkylation sites (tertiary alicyclic amines) is 1. The molecular formula is C33H43N3O7. The van der Waals surface area contributed by atoms with Gasteiger partial charge in [0.05, 0.1) is 6.54 Å². The molecule has 4 rings (SSSR count). The number of hydrogen-bond donors (Lipinski definition) is 2. The number of piperidine rings is 1. The van der Waals surface area contributed by atoms with Crippen LogP contribution in [0.25, 0.3) is 11.1 Å². The number of nitrogens with zero attached hydrogens (tertiary/aromatic N) is 2. The van der Waals surface area contributed by atoms with Crippen LogP contribution in [0.5, 0.6) is 0 Å². The van der Waals surface area contributed by atoms with Crippen LogP contribution < -0.4 is 5.32 Å². The molecule has 0 radical (unpaired) electrons. The van der Waals surface area contributed by atoms with E-state index >= 15 is 0 Å². The molecule has 1 aliphatic heterocycles. The van der Waals surface area contributed by atoms with Crippen LogP contribution in [0, 0.1) is 0 Å². The molecule has 0 saturated carbocycles. The molecule has 0 bridgehead atoms. The van der Waals surface area contributed by atoms with Crippen LogP contribution in [0.2, 0.25) is 0 Å². The molecule has 2 aromatic carbocycles. The van der Waals surface area contributed by atoms with Crippen molar-refractivity contribution in [3.63, 3.8) is 0 Å². The Kier molecular flexibility index (Phi) is 10.8. The van der Waals surface area contributed by atoms with E-state index in [0.29, 0.717) is 32.5 Å². The van der Waals surface area contributed by atoms with Gasteiger partial charge < -0.3 is 24.8 Å². The Bertz CT molecular complexity index is 1240. The van der Waals surface area contributed by atoms with Gasteiger partial charge >= 0.3 is 18.0 Å². The van der Waals surface area contributed by atoms with Gasteiger partial charge in [-0.25, -0.2) is 9.59 Å². The maximum atomic E-state index is 12.6. The Balaban J connectivity index is 1.18. The second-order valence-corrected chi connectivity index (χ2v) is 12.3.